The number of nitrogens with zero attached hydrogens (tertiary/aromatic N) is 4. The van der Waals surface area contributed by atoms with Gasteiger partial charge >= 0.3 is 18.2 Å². The lowest BCUT2D eigenvalue weighted by molar-refractivity contribution is -0.124. The van der Waals surface area contributed by atoms with Crippen LogP contribution in [-0.4, -0.2) is 89.1 Å². The fourth-order valence-electron chi connectivity index (χ4n) is 4.70. The molecule has 15 nitrogen and oxygen atoms in total. The zero-order chi connectivity index (χ0) is 42.2. The van der Waals surface area contributed by atoms with Crippen molar-refractivity contribution < 1.29 is 28.7 Å². The molecule has 0 saturated carbocycles. The number of ether oxygens (including phenoxy) is 2. The number of nitrogens with two attached hydrogens (primary N) is 1. The summed E-state index contributed by atoms with van der Waals surface area (Å²) in [4.78, 5) is 64.9. The van der Waals surface area contributed by atoms with Crippen LogP contribution in [0.5, 0.6) is 0 Å². The molecule has 0 spiro atoms. The summed E-state index contributed by atoms with van der Waals surface area (Å²) in [6, 6.07) is -1.01. The van der Waals surface area contributed by atoms with Gasteiger partial charge in [-0.05, 0) is 59.3 Å². The number of hydrogen-bond acceptors (Lipinski definition) is 13. The molecule has 20 heteroatoms. The van der Waals surface area contributed by atoms with E-state index in [4.69, 9.17) is 15.2 Å². The van der Waals surface area contributed by atoms with Crippen molar-refractivity contribution in [2.24, 2.45) is 11.7 Å². The standard InChI is InChI=1S/C25H40N6O4S2.C11H19N3O2S.CH3B.CH4.HI/c1-15(2)21(30-24(33)31(7)11-19-13-36-23(29-19)16(3)4)22(32)27-17(5)8-9-18(6)28-25(34)35-12-20-10-26-14-37-20;1-8(12)3-4-9(2)14-11(15)16-6-10-5-13-7-17-10;1-2;;/h10,13-18,21H,8-9,11-12H2,1-7H3,(H,27,32)(H,28,34)(H,30,33);5,7-9H,3-4,6,12H2,1-2H3,(H,14,15);1H3;1H4;1H/t17-,18-,21-;8-,9-;;;/m00.../s1. The van der Waals surface area contributed by atoms with Crippen LogP contribution in [0.15, 0.2) is 28.8 Å². The average Bonchev–Trinajstić information content (AvgIpc) is 3.95. The molecule has 0 aromatic carbocycles. The molecular formula is C38H67BIN9O6S3. The van der Waals surface area contributed by atoms with Crippen molar-refractivity contribution in [2.45, 2.75) is 151 Å². The van der Waals surface area contributed by atoms with Gasteiger partial charge in [0.15, 0.2) is 0 Å². The van der Waals surface area contributed by atoms with Crippen molar-refractivity contribution in [3.8, 4) is 0 Å². The molecule has 3 aromatic heterocycles. The van der Waals surface area contributed by atoms with E-state index >= 15 is 0 Å². The molecule has 0 saturated heterocycles. The minimum atomic E-state index is -0.670. The molecule has 2 radical (unpaired) electrons. The van der Waals surface area contributed by atoms with Gasteiger partial charge in [0.1, 0.15) is 19.3 Å². The summed E-state index contributed by atoms with van der Waals surface area (Å²) in [5, 5.41) is 14.4. The highest BCUT2D eigenvalue weighted by molar-refractivity contribution is 14.0. The molecule has 3 aromatic rings. The molecule has 0 unspecified atom stereocenters. The Morgan fingerprint density at radius 2 is 1.22 bits per heavy atom. The van der Waals surface area contributed by atoms with Crippen molar-refractivity contribution in [1.82, 2.24) is 41.1 Å². The van der Waals surface area contributed by atoms with Gasteiger partial charge in [0.25, 0.3) is 0 Å². The summed E-state index contributed by atoms with van der Waals surface area (Å²) in [5.74, 6) is 0.0190. The Labute approximate surface area is 376 Å². The number of thiazole rings is 3. The second kappa shape index (κ2) is 31.8. The molecular weight excluding hydrogens is 912 g/mol. The fraction of sp³-hybridized carbons (Fsp3) is 0.658. The van der Waals surface area contributed by atoms with E-state index in [1.807, 2.05) is 46.9 Å². The Balaban J connectivity index is 0. The lowest BCUT2D eigenvalue weighted by Crippen LogP contribution is -2.54. The van der Waals surface area contributed by atoms with Gasteiger partial charge in [0, 0.05) is 54.9 Å². The predicted octanol–water partition coefficient (Wildman–Crippen LogP) is 7.83. The van der Waals surface area contributed by atoms with E-state index in [2.05, 4.69) is 57.9 Å². The summed E-state index contributed by atoms with van der Waals surface area (Å²) in [7, 11) is 6.19. The number of nitrogens with one attached hydrogen (secondary N) is 4. The van der Waals surface area contributed by atoms with Crippen molar-refractivity contribution in [2.75, 3.05) is 7.05 Å². The summed E-state index contributed by atoms with van der Waals surface area (Å²) in [5.41, 5.74) is 9.88. The Hall–Kier alpha value is -3.08. The molecule has 0 bridgehead atoms. The summed E-state index contributed by atoms with van der Waals surface area (Å²) in [6.45, 7) is 18.0. The lowest BCUT2D eigenvalue weighted by atomic mass is 10.0. The first-order chi connectivity index (χ1) is 26.5. The molecule has 0 aliphatic carbocycles. The Bertz CT molecular complexity index is 1540. The number of aromatic nitrogens is 3. The minimum absolute atomic E-state index is 0. The van der Waals surface area contributed by atoms with Gasteiger partial charge in [0.05, 0.1) is 45.9 Å². The molecule has 0 aliphatic rings. The van der Waals surface area contributed by atoms with Gasteiger partial charge < -0.3 is 41.4 Å². The largest absolute Gasteiger partial charge is 0.444 e. The maximum atomic E-state index is 13.0. The molecule has 5 atom stereocenters. The highest BCUT2D eigenvalue weighted by Gasteiger charge is 2.27. The minimum Gasteiger partial charge on any atom is -0.444 e. The monoisotopic (exact) mass is 979 g/mol. The van der Waals surface area contributed by atoms with E-state index in [0.717, 1.165) is 33.3 Å². The maximum absolute atomic E-state index is 13.0. The zero-order valence-corrected chi connectivity index (χ0v) is 39.7. The number of hydrogen-bond donors (Lipinski definition) is 5. The Morgan fingerprint density at radius 3 is 1.62 bits per heavy atom. The van der Waals surface area contributed by atoms with Gasteiger partial charge in [-0.1, -0.05) is 41.9 Å². The van der Waals surface area contributed by atoms with Gasteiger partial charge in [-0.2, -0.15) is 0 Å². The van der Waals surface area contributed by atoms with Crippen LogP contribution in [0.2, 0.25) is 6.82 Å². The van der Waals surface area contributed by atoms with Crippen LogP contribution >= 0.6 is 58.0 Å². The molecule has 328 valence electrons. The first kappa shape index (κ1) is 57.0. The van der Waals surface area contributed by atoms with Crippen LogP contribution < -0.4 is 27.0 Å². The maximum Gasteiger partial charge on any atom is 0.407 e. The normalized spacial score (nSPS) is 12.9. The zero-order valence-electron chi connectivity index (χ0n) is 34.9. The van der Waals surface area contributed by atoms with Crippen LogP contribution in [0, 0.1) is 5.92 Å². The number of halogens is 1. The second-order valence-electron chi connectivity index (χ2n) is 14.1. The van der Waals surface area contributed by atoms with Gasteiger partial charge in [0.2, 0.25) is 5.91 Å². The van der Waals surface area contributed by atoms with Crippen molar-refractivity contribution in [3.05, 3.63) is 49.3 Å². The van der Waals surface area contributed by atoms with E-state index in [-0.39, 0.29) is 86.6 Å². The number of urea groups is 1. The van der Waals surface area contributed by atoms with Crippen LogP contribution in [0.3, 0.4) is 0 Å². The average molecular weight is 980 g/mol. The van der Waals surface area contributed by atoms with Crippen molar-refractivity contribution >= 4 is 90.0 Å². The molecule has 0 aliphatic heterocycles. The van der Waals surface area contributed by atoms with E-state index in [1.54, 1.807) is 41.8 Å². The molecule has 6 N–H and O–H groups in total. The van der Waals surface area contributed by atoms with Crippen LogP contribution in [0.25, 0.3) is 0 Å². The van der Waals surface area contributed by atoms with Crippen LogP contribution in [0.4, 0.5) is 14.4 Å². The number of amides is 5. The van der Waals surface area contributed by atoms with Crippen molar-refractivity contribution in [3.63, 3.8) is 0 Å². The first-order valence-electron chi connectivity index (χ1n) is 18.7. The van der Waals surface area contributed by atoms with Gasteiger partial charge in [-0.3, -0.25) is 14.8 Å². The number of alkyl carbamates (subject to hydrolysis) is 2. The third kappa shape index (κ3) is 24.8. The molecule has 5 amide bonds. The molecule has 0 fully saturated rings. The summed E-state index contributed by atoms with van der Waals surface area (Å²) < 4.78 is 10.2. The van der Waals surface area contributed by atoms with E-state index < -0.39 is 18.2 Å². The highest BCUT2D eigenvalue weighted by Crippen LogP contribution is 2.20. The molecule has 3 heterocycles. The second-order valence-corrected chi connectivity index (χ2v) is 16.9. The van der Waals surface area contributed by atoms with Gasteiger partial charge in [-0.15, -0.1) is 58.0 Å². The third-order valence-electron chi connectivity index (χ3n) is 7.90. The number of carbonyl (C=O) groups is 4. The smallest absolute Gasteiger partial charge is 0.407 e. The van der Waals surface area contributed by atoms with E-state index in [9.17, 15) is 19.2 Å². The lowest BCUT2D eigenvalue weighted by Gasteiger charge is -2.27. The Morgan fingerprint density at radius 1 is 0.759 bits per heavy atom. The van der Waals surface area contributed by atoms with Gasteiger partial charge in [-0.25, -0.2) is 19.4 Å². The quantitative estimate of drug-likeness (QED) is 0.0582. The van der Waals surface area contributed by atoms with E-state index in [1.165, 1.54) is 34.4 Å². The number of rotatable bonds is 19. The van der Waals surface area contributed by atoms with Crippen molar-refractivity contribution in [1.29, 1.82) is 0 Å². The first-order valence-corrected chi connectivity index (χ1v) is 21.4. The number of carbonyl (C=O) groups excluding carboxylic acids is 4. The SMILES string of the molecule is C.CC(C)c1nc(CN(C)C(=O)N[C@H](C(=O)N[C@@H](C)CC[C@H](C)NC(=O)OCc2cncs2)C(C)C)cs1.C[C@H](N)CC[C@H](C)NC(=O)OCc1cncs1.I.[B]C. The third-order valence-corrected chi connectivity index (χ3v) is 10.6. The summed E-state index contributed by atoms with van der Waals surface area (Å²) in [6.07, 6.45) is 5.53. The molecule has 3 rings (SSSR count). The Kier molecular flexibility index (Phi) is 31.3. The topological polar surface area (TPSA) is 203 Å². The molecule has 58 heavy (non-hydrogen) atoms. The highest BCUT2D eigenvalue weighted by atomic mass is 127. The van der Waals surface area contributed by atoms with Crippen LogP contribution in [-0.2, 0) is 34.0 Å². The fourth-order valence-corrected chi connectivity index (χ4v) is 6.54. The van der Waals surface area contributed by atoms with Crippen LogP contribution in [0.1, 0.15) is 115 Å². The predicted molar refractivity (Wildman–Crippen MR) is 248 cm³/mol. The summed E-state index contributed by atoms with van der Waals surface area (Å²) >= 11 is 4.48. The van der Waals surface area contributed by atoms with E-state index in [0.29, 0.717) is 25.3 Å².